The number of carbonyl (C=O) groups excluding carboxylic acids is 1. The maximum absolute atomic E-state index is 11.7. The summed E-state index contributed by atoms with van der Waals surface area (Å²) in [5, 5.41) is 12.0. The van der Waals surface area contributed by atoms with Crippen molar-refractivity contribution < 1.29 is 14.6 Å². The Morgan fingerprint density at radius 2 is 2.05 bits per heavy atom. The zero-order chi connectivity index (χ0) is 14.1. The third-order valence-electron chi connectivity index (χ3n) is 2.80. The molecule has 1 rings (SSSR count). The van der Waals surface area contributed by atoms with E-state index in [0.29, 0.717) is 19.6 Å². The Morgan fingerprint density at radius 1 is 1.37 bits per heavy atom. The van der Waals surface area contributed by atoms with Gasteiger partial charge < -0.3 is 20.9 Å². The molecule has 0 aliphatic rings. The van der Waals surface area contributed by atoms with Crippen molar-refractivity contribution in [3.8, 4) is 5.75 Å². The third-order valence-corrected chi connectivity index (χ3v) is 2.80. The van der Waals surface area contributed by atoms with Crippen LogP contribution in [-0.4, -0.2) is 37.3 Å². The summed E-state index contributed by atoms with van der Waals surface area (Å²) in [6.07, 6.45) is 2.26. The van der Waals surface area contributed by atoms with E-state index in [2.05, 4.69) is 5.32 Å². The van der Waals surface area contributed by atoms with Crippen molar-refractivity contribution in [2.75, 3.05) is 20.3 Å². The van der Waals surface area contributed by atoms with Crippen molar-refractivity contribution in [1.29, 1.82) is 0 Å². The number of methoxy groups -OCH3 is 1. The van der Waals surface area contributed by atoms with E-state index >= 15 is 0 Å². The van der Waals surface area contributed by atoms with Gasteiger partial charge in [-0.1, -0.05) is 12.1 Å². The minimum atomic E-state index is -0.563. The average Bonchev–Trinajstić information content (AvgIpc) is 2.41. The van der Waals surface area contributed by atoms with Crippen LogP contribution >= 0.6 is 0 Å². The van der Waals surface area contributed by atoms with Crippen LogP contribution in [-0.2, 0) is 16.0 Å². The van der Waals surface area contributed by atoms with Gasteiger partial charge in [-0.2, -0.15) is 0 Å². The van der Waals surface area contributed by atoms with E-state index in [0.717, 1.165) is 18.4 Å². The predicted octanol–water partition coefficient (Wildman–Crippen LogP) is 0.805. The van der Waals surface area contributed by atoms with Crippen molar-refractivity contribution in [2.45, 2.75) is 25.3 Å². The number of hydrogen-bond acceptors (Lipinski definition) is 4. The third kappa shape index (κ3) is 6.22. The molecule has 5 heteroatoms. The van der Waals surface area contributed by atoms with Crippen LogP contribution in [0.2, 0.25) is 0 Å². The molecule has 0 fully saturated rings. The molecule has 0 saturated carbocycles. The van der Waals surface area contributed by atoms with Gasteiger partial charge in [0.1, 0.15) is 5.75 Å². The molecule has 1 amide bonds. The lowest BCUT2D eigenvalue weighted by molar-refractivity contribution is -0.122. The molecule has 0 aliphatic carbocycles. The molecule has 1 aromatic carbocycles. The number of carbonyl (C=O) groups is 1. The number of amides is 1. The summed E-state index contributed by atoms with van der Waals surface area (Å²) in [7, 11) is 1.66. The Morgan fingerprint density at radius 3 is 2.68 bits per heavy atom. The maximum atomic E-state index is 11.7. The van der Waals surface area contributed by atoms with E-state index < -0.39 is 6.04 Å². The van der Waals surface area contributed by atoms with E-state index in [1.807, 2.05) is 0 Å². The predicted molar refractivity (Wildman–Crippen MR) is 73.9 cm³/mol. The van der Waals surface area contributed by atoms with Crippen LogP contribution in [0.3, 0.4) is 0 Å². The van der Waals surface area contributed by atoms with Gasteiger partial charge in [0.05, 0.1) is 6.04 Å². The van der Waals surface area contributed by atoms with Crippen LogP contribution < -0.4 is 11.1 Å². The second-order valence-corrected chi connectivity index (χ2v) is 4.47. The Kier molecular flexibility index (Phi) is 6.92. The van der Waals surface area contributed by atoms with Crippen LogP contribution in [0.1, 0.15) is 18.4 Å². The smallest absolute Gasteiger partial charge is 0.237 e. The van der Waals surface area contributed by atoms with Gasteiger partial charge in [-0.25, -0.2) is 0 Å². The molecule has 0 unspecified atom stereocenters. The Labute approximate surface area is 113 Å². The lowest BCUT2D eigenvalue weighted by atomic mass is 10.1. The highest BCUT2D eigenvalue weighted by Gasteiger charge is 2.13. The van der Waals surface area contributed by atoms with Gasteiger partial charge in [-0.05, 0) is 37.0 Å². The second-order valence-electron chi connectivity index (χ2n) is 4.47. The van der Waals surface area contributed by atoms with Crippen molar-refractivity contribution in [1.82, 2.24) is 5.32 Å². The van der Waals surface area contributed by atoms with Gasteiger partial charge in [0.2, 0.25) is 5.91 Å². The summed E-state index contributed by atoms with van der Waals surface area (Å²) in [6.45, 7) is 1.32. The molecule has 0 radical (unpaired) electrons. The van der Waals surface area contributed by atoms with Crippen molar-refractivity contribution in [3.05, 3.63) is 29.8 Å². The van der Waals surface area contributed by atoms with Crippen LogP contribution in [0.4, 0.5) is 0 Å². The molecular weight excluding hydrogens is 244 g/mol. The summed E-state index contributed by atoms with van der Waals surface area (Å²) in [5.41, 5.74) is 6.76. The van der Waals surface area contributed by atoms with Crippen LogP contribution in [0.5, 0.6) is 5.75 Å². The number of phenols is 1. The first kappa shape index (κ1) is 15.5. The van der Waals surface area contributed by atoms with E-state index in [-0.39, 0.29) is 11.7 Å². The Bertz CT molecular complexity index is 379. The molecule has 0 bridgehead atoms. The number of ether oxygens (including phenoxy) is 1. The highest BCUT2D eigenvalue weighted by Crippen LogP contribution is 2.10. The molecule has 19 heavy (non-hydrogen) atoms. The maximum Gasteiger partial charge on any atom is 0.237 e. The van der Waals surface area contributed by atoms with E-state index in [1.165, 1.54) is 0 Å². The number of phenolic OH excluding ortho intramolecular Hbond substituents is 1. The fourth-order valence-electron chi connectivity index (χ4n) is 1.69. The van der Waals surface area contributed by atoms with Crippen molar-refractivity contribution in [2.24, 2.45) is 5.73 Å². The second kappa shape index (κ2) is 8.50. The minimum Gasteiger partial charge on any atom is -0.508 e. The van der Waals surface area contributed by atoms with E-state index in [9.17, 15) is 4.79 Å². The van der Waals surface area contributed by atoms with Crippen molar-refractivity contribution in [3.63, 3.8) is 0 Å². The largest absolute Gasteiger partial charge is 0.508 e. The molecule has 0 aliphatic heterocycles. The highest BCUT2D eigenvalue weighted by molar-refractivity contribution is 5.81. The average molecular weight is 266 g/mol. The molecule has 0 aromatic heterocycles. The first-order valence-corrected chi connectivity index (χ1v) is 6.43. The summed E-state index contributed by atoms with van der Waals surface area (Å²) < 4.78 is 4.93. The molecule has 1 atom stereocenters. The fraction of sp³-hybridized carbons (Fsp3) is 0.500. The first-order valence-electron chi connectivity index (χ1n) is 6.43. The molecular formula is C14H22N2O3. The number of unbranched alkanes of at least 4 members (excludes halogenated alkanes) is 1. The minimum absolute atomic E-state index is 0.148. The lowest BCUT2D eigenvalue weighted by Crippen LogP contribution is -2.42. The van der Waals surface area contributed by atoms with Gasteiger partial charge in [0.15, 0.2) is 0 Å². The molecule has 106 valence electrons. The van der Waals surface area contributed by atoms with E-state index in [1.54, 1.807) is 31.4 Å². The molecule has 0 spiro atoms. The summed E-state index contributed by atoms with van der Waals surface area (Å²) in [4.78, 5) is 11.7. The number of aromatic hydroxyl groups is 1. The fourth-order valence-corrected chi connectivity index (χ4v) is 1.69. The number of hydrogen-bond donors (Lipinski definition) is 3. The van der Waals surface area contributed by atoms with Gasteiger partial charge in [0, 0.05) is 20.3 Å². The van der Waals surface area contributed by atoms with Gasteiger partial charge in [0.25, 0.3) is 0 Å². The molecule has 5 nitrogen and oxygen atoms in total. The zero-order valence-corrected chi connectivity index (χ0v) is 11.3. The van der Waals surface area contributed by atoms with Gasteiger partial charge in [-0.3, -0.25) is 4.79 Å². The van der Waals surface area contributed by atoms with E-state index in [4.69, 9.17) is 15.6 Å². The molecule has 4 N–H and O–H groups in total. The zero-order valence-electron chi connectivity index (χ0n) is 11.3. The van der Waals surface area contributed by atoms with Crippen LogP contribution in [0.15, 0.2) is 24.3 Å². The highest BCUT2D eigenvalue weighted by atomic mass is 16.5. The topological polar surface area (TPSA) is 84.6 Å². The summed E-state index contributed by atoms with van der Waals surface area (Å²) >= 11 is 0. The van der Waals surface area contributed by atoms with Gasteiger partial charge in [-0.15, -0.1) is 0 Å². The van der Waals surface area contributed by atoms with Crippen LogP contribution in [0.25, 0.3) is 0 Å². The monoisotopic (exact) mass is 266 g/mol. The number of nitrogens with one attached hydrogen (secondary N) is 1. The SMILES string of the molecule is COCCCCNC(=O)[C@@H](N)Cc1ccc(O)cc1. The first-order chi connectivity index (χ1) is 9.13. The molecule has 1 aromatic rings. The molecule has 0 heterocycles. The normalized spacial score (nSPS) is 12.1. The number of rotatable bonds is 8. The number of nitrogens with two attached hydrogens (primary N) is 1. The Hall–Kier alpha value is -1.59. The molecule has 0 saturated heterocycles. The summed E-state index contributed by atoms with van der Waals surface area (Å²) in [6, 6.07) is 6.14. The lowest BCUT2D eigenvalue weighted by Gasteiger charge is -2.12. The van der Waals surface area contributed by atoms with Crippen LogP contribution in [0, 0.1) is 0 Å². The number of benzene rings is 1. The standard InChI is InChI=1S/C14H22N2O3/c1-19-9-3-2-8-16-14(18)13(15)10-11-4-6-12(17)7-5-11/h4-7,13,17H,2-3,8-10,15H2,1H3,(H,16,18)/t13-/m0/s1. The van der Waals surface area contributed by atoms with Crippen molar-refractivity contribution >= 4 is 5.91 Å². The quantitative estimate of drug-likeness (QED) is 0.608. The van der Waals surface area contributed by atoms with Gasteiger partial charge >= 0.3 is 0 Å². The Balaban J connectivity index is 2.26. The summed E-state index contributed by atoms with van der Waals surface area (Å²) in [5.74, 6) is 0.0606.